The number of aromatic nitrogens is 4. The molecule has 4 heterocycles. The van der Waals surface area contributed by atoms with Gasteiger partial charge in [-0.25, -0.2) is 0 Å². The Bertz CT molecular complexity index is 1230. The van der Waals surface area contributed by atoms with Gasteiger partial charge < -0.3 is 0 Å². The number of benzene rings is 1. The molecule has 5 nitrogen and oxygen atoms in total. The lowest BCUT2D eigenvalue weighted by atomic mass is 9.96. The van der Waals surface area contributed by atoms with Gasteiger partial charge in [-0.15, -0.1) is 0 Å². The summed E-state index contributed by atoms with van der Waals surface area (Å²) < 4.78 is 2.11. The molecule has 0 aliphatic carbocycles. The standard InChI is InChI=1S/C22H17N5/c1-14-4-2-5-19(25-14)22-21(20-6-3-11-27(20)26-22)16-9-10-24-18-8-7-15(13-23)12-17(16)18/h2,4-5,7-10,12H,3,6,11H2,1H3. The fraction of sp³-hybridized carbons (Fsp3) is 0.182. The Balaban J connectivity index is 1.84. The molecule has 4 aromatic rings. The van der Waals surface area contributed by atoms with Gasteiger partial charge in [-0.05, 0) is 61.7 Å². The van der Waals surface area contributed by atoms with Gasteiger partial charge in [0.1, 0.15) is 5.69 Å². The molecule has 0 fully saturated rings. The summed E-state index contributed by atoms with van der Waals surface area (Å²) >= 11 is 0. The second-order valence-corrected chi connectivity index (χ2v) is 6.86. The lowest BCUT2D eigenvalue weighted by molar-refractivity contribution is 0.658. The zero-order valence-electron chi connectivity index (χ0n) is 15.0. The van der Waals surface area contributed by atoms with Crippen LogP contribution in [-0.2, 0) is 13.0 Å². The highest BCUT2D eigenvalue weighted by atomic mass is 15.3. The second kappa shape index (κ2) is 6.03. The van der Waals surface area contributed by atoms with Gasteiger partial charge in [0.2, 0.25) is 0 Å². The Morgan fingerprint density at radius 1 is 1.15 bits per heavy atom. The van der Waals surface area contributed by atoms with Crippen molar-refractivity contribution in [3.8, 4) is 28.6 Å². The highest BCUT2D eigenvalue weighted by Crippen LogP contribution is 2.39. The number of nitrogens with zero attached hydrogens (tertiary/aromatic N) is 5. The number of hydrogen-bond acceptors (Lipinski definition) is 4. The molecular formula is C22H17N5. The molecule has 3 aromatic heterocycles. The molecule has 1 aliphatic heterocycles. The zero-order chi connectivity index (χ0) is 18.4. The van der Waals surface area contributed by atoms with Crippen LogP contribution in [0.3, 0.4) is 0 Å². The minimum atomic E-state index is 0.635. The molecule has 5 rings (SSSR count). The van der Waals surface area contributed by atoms with E-state index in [1.165, 1.54) is 5.69 Å². The van der Waals surface area contributed by atoms with E-state index in [9.17, 15) is 5.26 Å². The lowest BCUT2D eigenvalue weighted by Crippen LogP contribution is -1.95. The van der Waals surface area contributed by atoms with Crippen molar-refractivity contribution in [1.82, 2.24) is 19.7 Å². The quantitative estimate of drug-likeness (QED) is 0.540. The minimum Gasteiger partial charge on any atom is -0.268 e. The van der Waals surface area contributed by atoms with Gasteiger partial charge in [-0.2, -0.15) is 10.4 Å². The van der Waals surface area contributed by atoms with E-state index < -0.39 is 0 Å². The van der Waals surface area contributed by atoms with E-state index in [0.29, 0.717) is 5.56 Å². The summed E-state index contributed by atoms with van der Waals surface area (Å²) in [6.07, 6.45) is 3.93. The highest BCUT2D eigenvalue weighted by Gasteiger charge is 2.25. The van der Waals surface area contributed by atoms with Gasteiger partial charge in [-0.3, -0.25) is 14.6 Å². The maximum Gasteiger partial charge on any atom is 0.119 e. The van der Waals surface area contributed by atoms with Crippen LogP contribution in [-0.4, -0.2) is 19.7 Å². The van der Waals surface area contributed by atoms with Crippen molar-refractivity contribution in [2.45, 2.75) is 26.3 Å². The first-order chi connectivity index (χ1) is 13.2. The second-order valence-electron chi connectivity index (χ2n) is 6.86. The molecule has 130 valence electrons. The average Bonchev–Trinajstić information content (AvgIpc) is 3.28. The fourth-order valence-corrected chi connectivity index (χ4v) is 3.90. The Labute approximate surface area is 156 Å². The van der Waals surface area contributed by atoms with Crippen LogP contribution in [0.5, 0.6) is 0 Å². The molecule has 0 atom stereocenters. The van der Waals surface area contributed by atoms with E-state index in [2.05, 4.69) is 15.7 Å². The summed E-state index contributed by atoms with van der Waals surface area (Å²) in [5.41, 5.74) is 7.70. The Kier molecular flexibility index (Phi) is 3.51. The SMILES string of the molecule is Cc1cccc(-c2nn3c(c2-c2ccnc4ccc(C#N)cc24)CCC3)n1. The van der Waals surface area contributed by atoms with Gasteiger partial charge >= 0.3 is 0 Å². The molecule has 0 amide bonds. The van der Waals surface area contributed by atoms with E-state index in [0.717, 1.165) is 58.5 Å². The maximum atomic E-state index is 9.34. The Morgan fingerprint density at radius 3 is 2.93 bits per heavy atom. The summed E-state index contributed by atoms with van der Waals surface area (Å²) in [5.74, 6) is 0. The first-order valence-electron chi connectivity index (χ1n) is 9.07. The van der Waals surface area contributed by atoms with Crippen molar-refractivity contribution in [3.05, 3.63) is 65.6 Å². The van der Waals surface area contributed by atoms with Crippen LogP contribution in [0.1, 0.15) is 23.4 Å². The van der Waals surface area contributed by atoms with Gasteiger partial charge in [0.25, 0.3) is 0 Å². The van der Waals surface area contributed by atoms with E-state index in [1.807, 2.05) is 55.6 Å². The minimum absolute atomic E-state index is 0.635. The number of pyridine rings is 2. The van der Waals surface area contributed by atoms with Crippen LogP contribution >= 0.6 is 0 Å². The van der Waals surface area contributed by atoms with Gasteiger partial charge in [-0.1, -0.05) is 6.07 Å². The third kappa shape index (κ3) is 2.49. The number of nitriles is 1. The first-order valence-corrected chi connectivity index (χ1v) is 9.07. The summed E-state index contributed by atoms with van der Waals surface area (Å²) in [7, 11) is 0. The van der Waals surface area contributed by atoms with Crippen LogP contribution in [0.25, 0.3) is 33.4 Å². The molecule has 0 spiro atoms. The molecule has 0 unspecified atom stereocenters. The van der Waals surface area contributed by atoms with E-state index in [1.54, 1.807) is 0 Å². The Hall–Kier alpha value is -3.52. The molecule has 0 bridgehead atoms. The largest absolute Gasteiger partial charge is 0.268 e. The third-order valence-electron chi connectivity index (χ3n) is 5.11. The Morgan fingerprint density at radius 2 is 2.07 bits per heavy atom. The molecule has 0 saturated carbocycles. The van der Waals surface area contributed by atoms with Gasteiger partial charge in [0.15, 0.2) is 0 Å². The van der Waals surface area contributed by atoms with Crippen LogP contribution < -0.4 is 0 Å². The number of rotatable bonds is 2. The van der Waals surface area contributed by atoms with E-state index >= 15 is 0 Å². The molecule has 1 aromatic carbocycles. The number of aryl methyl sites for hydroxylation is 2. The third-order valence-corrected chi connectivity index (χ3v) is 5.11. The molecule has 5 heteroatoms. The van der Waals surface area contributed by atoms with Crippen molar-refractivity contribution in [2.24, 2.45) is 0 Å². The van der Waals surface area contributed by atoms with Gasteiger partial charge in [0, 0.05) is 35.1 Å². The summed E-state index contributed by atoms with van der Waals surface area (Å²) in [5, 5.41) is 15.2. The smallest absolute Gasteiger partial charge is 0.119 e. The molecule has 1 aliphatic rings. The first kappa shape index (κ1) is 15.7. The molecule has 0 N–H and O–H groups in total. The molecular weight excluding hydrogens is 334 g/mol. The van der Waals surface area contributed by atoms with Crippen molar-refractivity contribution in [3.63, 3.8) is 0 Å². The van der Waals surface area contributed by atoms with Crippen LogP contribution in [0, 0.1) is 18.3 Å². The van der Waals surface area contributed by atoms with Crippen molar-refractivity contribution < 1.29 is 0 Å². The topological polar surface area (TPSA) is 67.4 Å². The van der Waals surface area contributed by atoms with Crippen LogP contribution in [0.2, 0.25) is 0 Å². The summed E-state index contributed by atoms with van der Waals surface area (Å²) in [6.45, 7) is 2.93. The number of fused-ring (bicyclic) bond motifs is 2. The molecule has 0 radical (unpaired) electrons. The molecule has 0 saturated heterocycles. The normalized spacial score (nSPS) is 12.9. The monoisotopic (exact) mass is 351 g/mol. The fourth-order valence-electron chi connectivity index (χ4n) is 3.90. The summed E-state index contributed by atoms with van der Waals surface area (Å²) in [6, 6.07) is 15.9. The number of hydrogen-bond donors (Lipinski definition) is 0. The predicted molar refractivity (Wildman–Crippen MR) is 104 cm³/mol. The maximum absolute atomic E-state index is 9.34. The van der Waals surface area contributed by atoms with E-state index in [-0.39, 0.29) is 0 Å². The predicted octanol–water partition coefficient (Wildman–Crippen LogP) is 4.29. The van der Waals surface area contributed by atoms with Crippen LogP contribution in [0.4, 0.5) is 0 Å². The van der Waals surface area contributed by atoms with Crippen molar-refractivity contribution >= 4 is 10.9 Å². The molecule has 27 heavy (non-hydrogen) atoms. The highest BCUT2D eigenvalue weighted by molar-refractivity contribution is 5.99. The van der Waals surface area contributed by atoms with Crippen molar-refractivity contribution in [1.29, 1.82) is 5.26 Å². The van der Waals surface area contributed by atoms with E-state index in [4.69, 9.17) is 10.1 Å². The van der Waals surface area contributed by atoms with Gasteiger partial charge in [0.05, 0.1) is 22.8 Å². The zero-order valence-corrected chi connectivity index (χ0v) is 15.0. The summed E-state index contributed by atoms with van der Waals surface area (Å²) in [4.78, 5) is 9.20. The van der Waals surface area contributed by atoms with Crippen molar-refractivity contribution in [2.75, 3.05) is 0 Å². The van der Waals surface area contributed by atoms with Crippen LogP contribution in [0.15, 0.2) is 48.7 Å². The average molecular weight is 351 g/mol. The lowest BCUT2D eigenvalue weighted by Gasteiger charge is -2.09.